The smallest absolute Gasteiger partial charge is 0.198 e. The molecule has 0 spiro atoms. The highest BCUT2D eigenvalue weighted by molar-refractivity contribution is 9.10. The minimum absolute atomic E-state index is 0.366. The van der Waals surface area contributed by atoms with Gasteiger partial charge < -0.3 is 9.52 Å². The van der Waals surface area contributed by atoms with Crippen LogP contribution < -0.4 is 0 Å². The molecular formula is C15H12BrNO2. The molecule has 0 bridgehead atoms. The maximum absolute atomic E-state index is 10.2. The van der Waals surface area contributed by atoms with E-state index in [2.05, 4.69) is 20.9 Å². The molecule has 0 aliphatic carbocycles. The highest BCUT2D eigenvalue weighted by Crippen LogP contribution is 2.23. The zero-order valence-corrected chi connectivity index (χ0v) is 11.7. The van der Waals surface area contributed by atoms with E-state index < -0.39 is 6.10 Å². The standard InChI is InChI=1S/C15H12BrNO2/c16-11-5-3-4-10(8-11)13(18)9-15-17-12-6-1-2-7-14(12)19-15/h1-8,13,18H,9H2. The molecule has 0 saturated carbocycles. The minimum Gasteiger partial charge on any atom is -0.441 e. The number of aliphatic hydroxyl groups excluding tert-OH is 1. The van der Waals surface area contributed by atoms with Crippen LogP contribution in [0.25, 0.3) is 11.1 Å². The molecule has 0 amide bonds. The second kappa shape index (κ2) is 5.15. The Morgan fingerprint density at radius 3 is 2.79 bits per heavy atom. The third-order valence-electron chi connectivity index (χ3n) is 2.94. The number of nitrogens with zero attached hydrogens (tertiary/aromatic N) is 1. The Labute approximate surface area is 119 Å². The molecule has 1 N–H and O–H groups in total. The van der Waals surface area contributed by atoms with Gasteiger partial charge in [0.15, 0.2) is 11.5 Å². The molecule has 19 heavy (non-hydrogen) atoms. The Morgan fingerprint density at radius 1 is 1.16 bits per heavy atom. The number of aromatic nitrogens is 1. The largest absolute Gasteiger partial charge is 0.441 e. The van der Waals surface area contributed by atoms with Gasteiger partial charge in [0.05, 0.1) is 12.5 Å². The summed E-state index contributed by atoms with van der Waals surface area (Å²) in [5.41, 5.74) is 2.41. The van der Waals surface area contributed by atoms with E-state index in [-0.39, 0.29) is 0 Å². The van der Waals surface area contributed by atoms with E-state index in [1.165, 1.54) is 0 Å². The van der Waals surface area contributed by atoms with E-state index in [9.17, 15) is 5.11 Å². The third kappa shape index (κ3) is 2.69. The maximum Gasteiger partial charge on any atom is 0.198 e. The van der Waals surface area contributed by atoms with Crippen molar-refractivity contribution in [2.75, 3.05) is 0 Å². The molecule has 3 aromatic rings. The quantitative estimate of drug-likeness (QED) is 0.797. The average Bonchev–Trinajstić information content (AvgIpc) is 2.80. The van der Waals surface area contributed by atoms with E-state index in [0.717, 1.165) is 21.1 Å². The lowest BCUT2D eigenvalue weighted by Gasteiger charge is -2.08. The zero-order chi connectivity index (χ0) is 13.2. The zero-order valence-electron chi connectivity index (χ0n) is 10.1. The summed E-state index contributed by atoms with van der Waals surface area (Å²) in [7, 11) is 0. The predicted molar refractivity (Wildman–Crippen MR) is 76.8 cm³/mol. The Kier molecular flexibility index (Phi) is 3.36. The second-order valence-electron chi connectivity index (χ2n) is 4.35. The average molecular weight is 318 g/mol. The van der Waals surface area contributed by atoms with E-state index in [0.29, 0.717) is 12.3 Å². The monoisotopic (exact) mass is 317 g/mol. The molecule has 3 nitrogen and oxygen atoms in total. The van der Waals surface area contributed by atoms with Gasteiger partial charge in [0, 0.05) is 4.47 Å². The summed E-state index contributed by atoms with van der Waals surface area (Å²) in [6.45, 7) is 0. The Morgan fingerprint density at radius 2 is 2.00 bits per heavy atom. The molecule has 1 aromatic heterocycles. The summed E-state index contributed by atoms with van der Waals surface area (Å²) in [6, 6.07) is 15.2. The number of para-hydroxylation sites is 2. The number of hydrogen-bond donors (Lipinski definition) is 1. The number of rotatable bonds is 3. The third-order valence-corrected chi connectivity index (χ3v) is 3.43. The van der Waals surface area contributed by atoms with Gasteiger partial charge in [-0.1, -0.05) is 40.2 Å². The molecule has 2 aromatic carbocycles. The van der Waals surface area contributed by atoms with Gasteiger partial charge in [-0.05, 0) is 29.8 Å². The van der Waals surface area contributed by atoms with E-state index in [1.807, 2.05) is 48.5 Å². The number of aliphatic hydroxyl groups is 1. The number of benzene rings is 2. The lowest BCUT2D eigenvalue weighted by molar-refractivity contribution is 0.169. The molecule has 1 atom stereocenters. The molecule has 3 rings (SSSR count). The number of fused-ring (bicyclic) bond motifs is 1. The molecular weight excluding hydrogens is 306 g/mol. The number of hydrogen-bond acceptors (Lipinski definition) is 3. The topological polar surface area (TPSA) is 46.3 Å². The van der Waals surface area contributed by atoms with Gasteiger partial charge in [-0.2, -0.15) is 0 Å². The molecule has 0 aliphatic rings. The lowest BCUT2D eigenvalue weighted by Crippen LogP contribution is -2.01. The van der Waals surface area contributed by atoms with E-state index in [4.69, 9.17) is 4.42 Å². The Hall–Kier alpha value is -1.65. The molecule has 1 unspecified atom stereocenters. The van der Waals surface area contributed by atoms with E-state index >= 15 is 0 Å². The van der Waals surface area contributed by atoms with Crippen molar-refractivity contribution in [2.45, 2.75) is 12.5 Å². The minimum atomic E-state index is -0.620. The van der Waals surface area contributed by atoms with Gasteiger partial charge >= 0.3 is 0 Å². The summed E-state index contributed by atoms with van der Waals surface area (Å²) < 4.78 is 6.55. The first-order valence-electron chi connectivity index (χ1n) is 6.00. The van der Waals surface area contributed by atoms with Crippen molar-refractivity contribution in [3.05, 3.63) is 64.5 Å². The summed E-state index contributed by atoms with van der Waals surface area (Å²) in [4.78, 5) is 4.36. The van der Waals surface area contributed by atoms with Crippen molar-refractivity contribution in [1.82, 2.24) is 4.98 Å². The SMILES string of the molecule is OC(Cc1nc2ccccc2o1)c1cccc(Br)c1. The first-order chi connectivity index (χ1) is 9.22. The van der Waals surface area contributed by atoms with Crippen LogP contribution in [0.3, 0.4) is 0 Å². The molecule has 4 heteroatoms. The van der Waals surface area contributed by atoms with Crippen LogP contribution in [0, 0.1) is 0 Å². The van der Waals surface area contributed by atoms with Gasteiger partial charge in [-0.3, -0.25) is 0 Å². The van der Waals surface area contributed by atoms with Crippen LogP contribution in [0.1, 0.15) is 17.6 Å². The lowest BCUT2D eigenvalue weighted by atomic mass is 10.1. The van der Waals surface area contributed by atoms with Crippen LogP contribution in [0.15, 0.2) is 57.4 Å². The molecule has 96 valence electrons. The van der Waals surface area contributed by atoms with Crippen molar-refractivity contribution in [3.63, 3.8) is 0 Å². The van der Waals surface area contributed by atoms with Gasteiger partial charge in [0.1, 0.15) is 5.52 Å². The summed E-state index contributed by atoms with van der Waals surface area (Å²) in [6.07, 6.45) is -0.254. The van der Waals surface area contributed by atoms with Crippen molar-refractivity contribution in [3.8, 4) is 0 Å². The van der Waals surface area contributed by atoms with Crippen LogP contribution >= 0.6 is 15.9 Å². The van der Waals surface area contributed by atoms with Crippen molar-refractivity contribution < 1.29 is 9.52 Å². The fourth-order valence-corrected chi connectivity index (χ4v) is 2.42. The fourth-order valence-electron chi connectivity index (χ4n) is 2.00. The summed E-state index contributed by atoms with van der Waals surface area (Å²) in [5, 5.41) is 10.2. The van der Waals surface area contributed by atoms with Crippen LogP contribution in [-0.4, -0.2) is 10.1 Å². The highest BCUT2D eigenvalue weighted by Gasteiger charge is 2.13. The fraction of sp³-hybridized carbons (Fsp3) is 0.133. The van der Waals surface area contributed by atoms with Crippen LogP contribution in [-0.2, 0) is 6.42 Å². The van der Waals surface area contributed by atoms with Crippen LogP contribution in [0.4, 0.5) is 0 Å². The second-order valence-corrected chi connectivity index (χ2v) is 5.27. The normalized spacial score (nSPS) is 12.7. The first-order valence-corrected chi connectivity index (χ1v) is 6.79. The van der Waals surface area contributed by atoms with Gasteiger partial charge in [0.25, 0.3) is 0 Å². The molecule has 0 saturated heterocycles. The van der Waals surface area contributed by atoms with Crippen molar-refractivity contribution in [1.29, 1.82) is 0 Å². The van der Waals surface area contributed by atoms with E-state index in [1.54, 1.807) is 0 Å². The number of oxazole rings is 1. The van der Waals surface area contributed by atoms with Gasteiger partial charge in [-0.15, -0.1) is 0 Å². The summed E-state index contributed by atoms with van der Waals surface area (Å²) in [5.74, 6) is 0.550. The predicted octanol–water partition coefficient (Wildman–Crippen LogP) is 3.87. The van der Waals surface area contributed by atoms with Crippen molar-refractivity contribution >= 4 is 27.0 Å². The molecule has 1 heterocycles. The van der Waals surface area contributed by atoms with Gasteiger partial charge in [0.2, 0.25) is 0 Å². The van der Waals surface area contributed by atoms with Gasteiger partial charge in [-0.25, -0.2) is 4.98 Å². The Bertz CT molecular complexity index is 675. The summed E-state index contributed by atoms with van der Waals surface area (Å²) >= 11 is 3.39. The maximum atomic E-state index is 10.2. The Balaban J connectivity index is 1.84. The molecule has 0 aliphatic heterocycles. The first kappa shape index (κ1) is 12.4. The highest BCUT2D eigenvalue weighted by atomic mass is 79.9. The molecule has 0 radical (unpaired) electrons. The van der Waals surface area contributed by atoms with Crippen LogP contribution in [0.5, 0.6) is 0 Å². The van der Waals surface area contributed by atoms with Crippen LogP contribution in [0.2, 0.25) is 0 Å². The number of halogens is 1. The van der Waals surface area contributed by atoms with Crippen molar-refractivity contribution in [2.24, 2.45) is 0 Å². The molecule has 0 fully saturated rings.